The van der Waals surface area contributed by atoms with Crippen molar-refractivity contribution in [1.82, 2.24) is 5.32 Å². The molecule has 1 amide bonds. The van der Waals surface area contributed by atoms with Gasteiger partial charge in [-0.1, -0.05) is 0 Å². The molecule has 0 aliphatic carbocycles. The van der Waals surface area contributed by atoms with Crippen molar-refractivity contribution in [3.8, 4) is 0 Å². The molecule has 0 saturated carbocycles. The van der Waals surface area contributed by atoms with Crippen LogP contribution in [0.4, 0.5) is 8.78 Å². The van der Waals surface area contributed by atoms with E-state index in [1.54, 1.807) is 6.92 Å². The summed E-state index contributed by atoms with van der Waals surface area (Å²) >= 11 is 1.06. The van der Waals surface area contributed by atoms with Crippen molar-refractivity contribution in [3.05, 3.63) is 29.8 Å². The Kier molecular flexibility index (Phi) is 5.31. The first-order chi connectivity index (χ1) is 8.74. The number of nitrogens with two attached hydrogens (primary N) is 1. The number of carbonyl (C=O) groups excluding carboxylic acids is 1. The summed E-state index contributed by atoms with van der Waals surface area (Å²) in [5.74, 6) is -1.32. The zero-order valence-corrected chi connectivity index (χ0v) is 12.0. The Morgan fingerprint density at radius 2 is 2.11 bits per heavy atom. The number of carbonyl (C=O) groups is 1. The molecule has 6 heteroatoms. The third-order valence-corrected chi connectivity index (χ3v) is 3.91. The molecule has 0 aliphatic rings. The second-order valence-corrected chi connectivity index (χ2v) is 5.88. The van der Waals surface area contributed by atoms with Gasteiger partial charge < -0.3 is 11.1 Å². The number of amides is 1. The molecule has 19 heavy (non-hydrogen) atoms. The fraction of sp³-hybridized carbons (Fsp3) is 0.462. The van der Waals surface area contributed by atoms with E-state index < -0.39 is 23.1 Å². The lowest BCUT2D eigenvalue weighted by atomic mass is 10.0. The van der Waals surface area contributed by atoms with E-state index in [1.807, 2.05) is 13.8 Å². The van der Waals surface area contributed by atoms with Crippen LogP contribution in [0.15, 0.2) is 23.1 Å². The Bertz CT molecular complexity index is 468. The number of hydrogen-bond acceptors (Lipinski definition) is 3. The monoisotopic (exact) mass is 288 g/mol. The average Bonchev–Trinajstić information content (AvgIpc) is 2.29. The molecule has 0 fully saturated rings. The highest BCUT2D eigenvalue weighted by Gasteiger charge is 2.31. The molecule has 1 rings (SSSR count). The Hall–Kier alpha value is -1.14. The number of nitrogens with one attached hydrogen (secondary N) is 1. The molecule has 0 heterocycles. The summed E-state index contributed by atoms with van der Waals surface area (Å²) in [6, 6.07) is 3.28. The van der Waals surface area contributed by atoms with Crippen LogP contribution in [0.5, 0.6) is 0 Å². The molecule has 0 saturated heterocycles. The molecule has 0 spiro atoms. The SMILES string of the molecule is CC(C)NC(C)(CSc1cc(F)ccc1F)C(N)=O. The quantitative estimate of drug-likeness (QED) is 0.790. The molecule has 3 nitrogen and oxygen atoms in total. The number of rotatable bonds is 6. The summed E-state index contributed by atoms with van der Waals surface area (Å²) in [6.45, 7) is 5.42. The fourth-order valence-corrected chi connectivity index (χ4v) is 2.70. The molecule has 3 N–H and O–H groups in total. The minimum Gasteiger partial charge on any atom is -0.368 e. The highest BCUT2D eigenvalue weighted by atomic mass is 32.2. The van der Waals surface area contributed by atoms with Crippen LogP contribution < -0.4 is 11.1 Å². The predicted octanol–water partition coefficient (Wildman–Crippen LogP) is 2.30. The lowest BCUT2D eigenvalue weighted by Crippen LogP contribution is -2.57. The second kappa shape index (κ2) is 6.34. The number of benzene rings is 1. The van der Waals surface area contributed by atoms with E-state index in [9.17, 15) is 13.6 Å². The summed E-state index contributed by atoms with van der Waals surface area (Å²) in [7, 11) is 0. The van der Waals surface area contributed by atoms with E-state index >= 15 is 0 Å². The molecule has 106 valence electrons. The maximum atomic E-state index is 13.5. The van der Waals surface area contributed by atoms with Crippen LogP contribution in [0.2, 0.25) is 0 Å². The average molecular weight is 288 g/mol. The molecule has 0 radical (unpaired) electrons. The number of halogens is 2. The minimum atomic E-state index is -0.975. The largest absolute Gasteiger partial charge is 0.368 e. The Morgan fingerprint density at radius 1 is 1.47 bits per heavy atom. The molecule has 1 atom stereocenters. The normalized spacial score (nSPS) is 14.4. The van der Waals surface area contributed by atoms with E-state index in [-0.39, 0.29) is 16.7 Å². The van der Waals surface area contributed by atoms with Gasteiger partial charge in [-0.25, -0.2) is 8.78 Å². The minimum absolute atomic E-state index is 0.0513. The second-order valence-electron chi connectivity index (χ2n) is 4.86. The third-order valence-electron chi connectivity index (χ3n) is 2.56. The maximum absolute atomic E-state index is 13.5. The Balaban J connectivity index is 2.82. The summed E-state index contributed by atoms with van der Waals surface area (Å²) in [5, 5.41) is 3.05. The molecule has 1 aromatic rings. The van der Waals surface area contributed by atoms with Gasteiger partial charge in [0.1, 0.15) is 17.2 Å². The van der Waals surface area contributed by atoms with Crippen molar-refractivity contribution >= 4 is 17.7 Å². The van der Waals surface area contributed by atoms with Crippen LogP contribution in [0, 0.1) is 11.6 Å². The van der Waals surface area contributed by atoms with Gasteiger partial charge >= 0.3 is 0 Å². The summed E-state index contributed by atoms with van der Waals surface area (Å²) in [6.07, 6.45) is 0. The van der Waals surface area contributed by atoms with Crippen molar-refractivity contribution in [2.75, 3.05) is 5.75 Å². The number of thioether (sulfide) groups is 1. The van der Waals surface area contributed by atoms with Gasteiger partial charge in [0.25, 0.3) is 0 Å². The van der Waals surface area contributed by atoms with Gasteiger partial charge in [0.05, 0.1) is 0 Å². The first kappa shape index (κ1) is 15.9. The van der Waals surface area contributed by atoms with E-state index in [0.29, 0.717) is 0 Å². The van der Waals surface area contributed by atoms with E-state index in [4.69, 9.17) is 5.73 Å². The molecule has 1 aromatic carbocycles. The summed E-state index contributed by atoms with van der Waals surface area (Å²) < 4.78 is 26.5. The summed E-state index contributed by atoms with van der Waals surface area (Å²) in [5.41, 5.74) is 4.39. The summed E-state index contributed by atoms with van der Waals surface area (Å²) in [4.78, 5) is 11.7. The predicted molar refractivity (Wildman–Crippen MR) is 73.0 cm³/mol. The first-order valence-electron chi connectivity index (χ1n) is 5.90. The lowest BCUT2D eigenvalue weighted by molar-refractivity contribution is -0.123. The van der Waals surface area contributed by atoms with Gasteiger partial charge in [-0.15, -0.1) is 11.8 Å². The fourth-order valence-electron chi connectivity index (χ4n) is 1.63. The van der Waals surface area contributed by atoms with Crippen molar-refractivity contribution < 1.29 is 13.6 Å². The molecule has 1 unspecified atom stereocenters. The van der Waals surface area contributed by atoms with Gasteiger partial charge in [0.15, 0.2) is 0 Å². The van der Waals surface area contributed by atoms with Crippen molar-refractivity contribution in [2.24, 2.45) is 5.73 Å². The van der Waals surface area contributed by atoms with Crippen LogP contribution in [0.3, 0.4) is 0 Å². The van der Waals surface area contributed by atoms with E-state index in [2.05, 4.69) is 5.32 Å². The Labute approximate surface area is 115 Å². The molecular formula is C13H18F2N2OS. The van der Waals surface area contributed by atoms with Crippen molar-refractivity contribution in [2.45, 2.75) is 37.2 Å². The standard InChI is InChI=1S/C13H18F2N2OS/c1-8(2)17-13(3,12(16)18)7-19-11-6-9(14)4-5-10(11)15/h4-6,8,17H,7H2,1-3H3,(H2,16,18). The van der Waals surface area contributed by atoms with Gasteiger partial charge in [0.2, 0.25) is 5.91 Å². The van der Waals surface area contributed by atoms with E-state index in [1.165, 1.54) is 0 Å². The lowest BCUT2D eigenvalue weighted by Gasteiger charge is -2.29. The van der Waals surface area contributed by atoms with Gasteiger partial charge in [-0.2, -0.15) is 0 Å². The van der Waals surface area contributed by atoms with Crippen LogP contribution in [0.1, 0.15) is 20.8 Å². The Morgan fingerprint density at radius 3 is 2.63 bits per heavy atom. The van der Waals surface area contributed by atoms with Crippen LogP contribution in [0.25, 0.3) is 0 Å². The third kappa shape index (κ3) is 4.47. The molecular weight excluding hydrogens is 270 g/mol. The van der Waals surface area contributed by atoms with Crippen LogP contribution in [-0.4, -0.2) is 23.2 Å². The van der Waals surface area contributed by atoms with Crippen LogP contribution in [-0.2, 0) is 4.79 Å². The topological polar surface area (TPSA) is 55.1 Å². The number of hydrogen-bond donors (Lipinski definition) is 2. The molecule has 0 aromatic heterocycles. The zero-order valence-electron chi connectivity index (χ0n) is 11.2. The zero-order chi connectivity index (χ0) is 14.6. The highest BCUT2D eigenvalue weighted by molar-refractivity contribution is 7.99. The molecule has 0 bridgehead atoms. The van der Waals surface area contributed by atoms with Gasteiger partial charge in [-0.3, -0.25) is 4.79 Å². The molecule has 0 aliphatic heterocycles. The van der Waals surface area contributed by atoms with Crippen LogP contribution >= 0.6 is 11.8 Å². The van der Waals surface area contributed by atoms with Gasteiger partial charge in [0, 0.05) is 16.7 Å². The smallest absolute Gasteiger partial charge is 0.238 e. The highest BCUT2D eigenvalue weighted by Crippen LogP contribution is 2.26. The van der Waals surface area contributed by atoms with E-state index in [0.717, 1.165) is 30.0 Å². The van der Waals surface area contributed by atoms with Gasteiger partial charge in [-0.05, 0) is 39.0 Å². The number of primary amides is 1. The van der Waals surface area contributed by atoms with Crippen molar-refractivity contribution in [1.29, 1.82) is 0 Å². The maximum Gasteiger partial charge on any atom is 0.238 e. The van der Waals surface area contributed by atoms with Crippen molar-refractivity contribution in [3.63, 3.8) is 0 Å². The first-order valence-corrected chi connectivity index (χ1v) is 6.88.